The third kappa shape index (κ3) is 3.87. The highest BCUT2D eigenvalue weighted by molar-refractivity contribution is 7.97. The molecule has 0 radical (unpaired) electrons. The molecular formula is C20H20FN7S. The van der Waals surface area contributed by atoms with Crippen molar-refractivity contribution in [3.63, 3.8) is 0 Å². The number of aromatic amines is 1. The average Bonchev–Trinajstić information content (AvgIpc) is 3.10. The molecule has 0 amide bonds. The largest absolute Gasteiger partial charge is 0.324 e. The van der Waals surface area contributed by atoms with Crippen LogP contribution in [-0.4, -0.2) is 27.2 Å². The van der Waals surface area contributed by atoms with Gasteiger partial charge in [-0.1, -0.05) is 0 Å². The lowest BCUT2D eigenvalue weighted by molar-refractivity contribution is 0.620. The number of nitrogens with one attached hydrogen (secondary N) is 2. The van der Waals surface area contributed by atoms with E-state index in [-0.39, 0.29) is 5.82 Å². The number of rotatable bonds is 5. The van der Waals surface area contributed by atoms with Crippen molar-refractivity contribution >= 4 is 46.1 Å². The summed E-state index contributed by atoms with van der Waals surface area (Å²) in [7, 11) is 1.83. The maximum atomic E-state index is 14.1. The number of aromatic nitrogens is 4. The third-order valence-electron chi connectivity index (χ3n) is 4.57. The molecule has 0 aliphatic heterocycles. The second kappa shape index (κ2) is 7.69. The number of fused-ring (bicyclic) bond motifs is 1. The first-order chi connectivity index (χ1) is 13.9. The molecule has 2 heterocycles. The topological polar surface area (TPSA) is 95.8 Å². The minimum Gasteiger partial charge on any atom is -0.324 e. The predicted octanol–water partition coefficient (Wildman–Crippen LogP) is 4.59. The van der Waals surface area contributed by atoms with Crippen LogP contribution in [0.3, 0.4) is 0 Å². The Hall–Kier alpha value is -3.17. The van der Waals surface area contributed by atoms with Crippen molar-refractivity contribution < 1.29 is 4.39 Å². The molecule has 29 heavy (non-hydrogen) atoms. The van der Waals surface area contributed by atoms with Crippen LogP contribution in [0.5, 0.6) is 0 Å². The van der Waals surface area contributed by atoms with Gasteiger partial charge in [0.05, 0.1) is 5.52 Å². The molecule has 4 N–H and O–H groups in total. The lowest BCUT2D eigenvalue weighted by Gasteiger charge is -2.17. The molecule has 0 aliphatic carbocycles. The highest BCUT2D eigenvalue weighted by Crippen LogP contribution is 2.30. The number of halogens is 1. The van der Waals surface area contributed by atoms with Crippen molar-refractivity contribution in [1.82, 2.24) is 20.2 Å². The lowest BCUT2D eigenvalue weighted by atomic mass is 10.1. The van der Waals surface area contributed by atoms with E-state index in [1.807, 2.05) is 32.2 Å². The van der Waals surface area contributed by atoms with Crippen molar-refractivity contribution in [3.05, 3.63) is 59.5 Å². The van der Waals surface area contributed by atoms with Crippen molar-refractivity contribution in [2.45, 2.75) is 18.7 Å². The standard InChI is InChI=1S/C20H20FN7S/c1-11-6-13(9-14(7-11)29-22)24-20-23-5-4-18(25-20)28(3)19-15-10-16(21)12(2)8-17(15)26-27-19/h4-10H,22H2,1-3H3,(H,26,27)(H,23,24,25). The molecule has 4 aromatic rings. The number of nitrogens with zero attached hydrogens (tertiary/aromatic N) is 4. The molecule has 4 rings (SSSR count). The first-order valence-electron chi connectivity index (χ1n) is 8.91. The van der Waals surface area contributed by atoms with E-state index < -0.39 is 0 Å². The van der Waals surface area contributed by atoms with Crippen molar-refractivity contribution in [2.75, 3.05) is 17.3 Å². The van der Waals surface area contributed by atoms with Gasteiger partial charge in [0.2, 0.25) is 5.95 Å². The molecule has 0 atom stereocenters. The highest BCUT2D eigenvalue weighted by atomic mass is 32.2. The molecule has 7 nitrogen and oxygen atoms in total. The van der Waals surface area contributed by atoms with E-state index in [1.165, 1.54) is 18.0 Å². The zero-order valence-corrected chi connectivity index (χ0v) is 17.0. The van der Waals surface area contributed by atoms with E-state index >= 15 is 0 Å². The van der Waals surface area contributed by atoms with E-state index in [9.17, 15) is 4.39 Å². The summed E-state index contributed by atoms with van der Waals surface area (Å²) in [6.07, 6.45) is 1.66. The maximum Gasteiger partial charge on any atom is 0.229 e. The fraction of sp³-hybridized carbons (Fsp3) is 0.150. The van der Waals surface area contributed by atoms with E-state index in [2.05, 4.69) is 25.5 Å². The van der Waals surface area contributed by atoms with Gasteiger partial charge in [0.25, 0.3) is 0 Å². The van der Waals surface area contributed by atoms with Gasteiger partial charge in [-0.05, 0) is 73.3 Å². The van der Waals surface area contributed by atoms with Gasteiger partial charge in [0.15, 0.2) is 5.82 Å². The van der Waals surface area contributed by atoms with Gasteiger partial charge >= 0.3 is 0 Å². The number of aryl methyl sites for hydroxylation is 2. The fourth-order valence-electron chi connectivity index (χ4n) is 3.11. The predicted molar refractivity (Wildman–Crippen MR) is 115 cm³/mol. The number of hydrogen-bond donors (Lipinski definition) is 3. The molecule has 0 spiro atoms. The van der Waals surface area contributed by atoms with Crippen molar-refractivity contribution in [3.8, 4) is 0 Å². The van der Waals surface area contributed by atoms with Gasteiger partial charge in [-0.3, -0.25) is 10.2 Å². The van der Waals surface area contributed by atoms with Crippen LogP contribution in [0, 0.1) is 19.7 Å². The summed E-state index contributed by atoms with van der Waals surface area (Å²) < 4.78 is 14.1. The van der Waals surface area contributed by atoms with Crippen LogP contribution >= 0.6 is 11.9 Å². The van der Waals surface area contributed by atoms with Gasteiger partial charge in [-0.15, -0.1) is 0 Å². The molecular weight excluding hydrogens is 389 g/mol. The summed E-state index contributed by atoms with van der Waals surface area (Å²) in [5.74, 6) is 1.38. The van der Waals surface area contributed by atoms with Crippen LogP contribution in [0.1, 0.15) is 11.1 Å². The lowest BCUT2D eigenvalue weighted by Crippen LogP contribution is -2.13. The number of benzene rings is 2. The second-order valence-corrected chi connectivity index (χ2v) is 7.48. The normalized spacial score (nSPS) is 11.1. The molecule has 0 saturated carbocycles. The molecule has 2 aromatic heterocycles. The Balaban J connectivity index is 1.65. The van der Waals surface area contributed by atoms with Crippen LogP contribution in [0.15, 0.2) is 47.5 Å². The smallest absolute Gasteiger partial charge is 0.229 e. The van der Waals surface area contributed by atoms with Crippen LogP contribution in [0.25, 0.3) is 10.9 Å². The van der Waals surface area contributed by atoms with Gasteiger partial charge in [0.1, 0.15) is 11.6 Å². The zero-order valence-electron chi connectivity index (χ0n) is 16.2. The summed E-state index contributed by atoms with van der Waals surface area (Å²) in [4.78, 5) is 11.6. The van der Waals surface area contributed by atoms with Crippen LogP contribution in [0.4, 0.5) is 27.7 Å². The van der Waals surface area contributed by atoms with Gasteiger partial charge < -0.3 is 10.2 Å². The SMILES string of the molecule is Cc1cc(Nc2nccc(N(C)c3n[nH]c4cc(C)c(F)cc34)n2)cc(SN)c1. The first kappa shape index (κ1) is 19.2. The quantitative estimate of drug-likeness (QED) is 0.415. The summed E-state index contributed by atoms with van der Waals surface area (Å²) in [6.45, 7) is 3.72. The second-order valence-electron chi connectivity index (χ2n) is 6.77. The molecule has 0 saturated heterocycles. The fourth-order valence-corrected chi connectivity index (χ4v) is 3.56. The van der Waals surface area contributed by atoms with Crippen molar-refractivity contribution in [2.24, 2.45) is 5.14 Å². The molecule has 0 bridgehead atoms. The summed E-state index contributed by atoms with van der Waals surface area (Å²) in [6, 6.07) is 10.9. The number of H-pyrrole nitrogens is 1. The van der Waals surface area contributed by atoms with E-state index in [0.29, 0.717) is 28.5 Å². The Morgan fingerprint density at radius 1 is 1.17 bits per heavy atom. The Morgan fingerprint density at radius 3 is 2.79 bits per heavy atom. The molecule has 2 aromatic carbocycles. The van der Waals surface area contributed by atoms with Crippen LogP contribution < -0.4 is 15.4 Å². The van der Waals surface area contributed by atoms with E-state index in [4.69, 9.17) is 5.14 Å². The number of nitrogens with two attached hydrogens (primary N) is 1. The van der Waals surface area contributed by atoms with Gasteiger partial charge in [-0.2, -0.15) is 10.1 Å². The summed E-state index contributed by atoms with van der Waals surface area (Å²) in [5.41, 5.74) is 3.26. The minimum absolute atomic E-state index is 0.272. The highest BCUT2D eigenvalue weighted by Gasteiger charge is 2.15. The Labute approximate surface area is 171 Å². The van der Waals surface area contributed by atoms with Crippen LogP contribution in [0.2, 0.25) is 0 Å². The van der Waals surface area contributed by atoms with Gasteiger partial charge in [0, 0.05) is 29.2 Å². The van der Waals surface area contributed by atoms with Crippen molar-refractivity contribution in [1.29, 1.82) is 0 Å². The first-order valence-corrected chi connectivity index (χ1v) is 9.79. The monoisotopic (exact) mass is 409 g/mol. The maximum absolute atomic E-state index is 14.1. The van der Waals surface area contributed by atoms with E-state index in [1.54, 1.807) is 30.2 Å². The molecule has 148 valence electrons. The Morgan fingerprint density at radius 2 is 2.00 bits per heavy atom. The third-order valence-corrected chi connectivity index (χ3v) is 5.08. The summed E-state index contributed by atoms with van der Waals surface area (Å²) >= 11 is 1.19. The molecule has 9 heteroatoms. The van der Waals surface area contributed by atoms with Crippen LogP contribution in [-0.2, 0) is 0 Å². The summed E-state index contributed by atoms with van der Waals surface area (Å²) in [5, 5.41) is 16.9. The zero-order chi connectivity index (χ0) is 20.5. The number of hydrogen-bond acceptors (Lipinski definition) is 7. The Bertz CT molecular complexity index is 1190. The minimum atomic E-state index is -0.272. The Kier molecular flexibility index (Phi) is 5.08. The van der Waals surface area contributed by atoms with Gasteiger partial charge in [-0.25, -0.2) is 9.37 Å². The molecule has 0 unspecified atom stereocenters. The number of anilines is 4. The molecule has 0 aliphatic rings. The average molecular weight is 409 g/mol. The molecule has 0 fully saturated rings. The van der Waals surface area contributed by atoms with E-state index in [0.717, 1.165) is 21.7 Å².